The van der Waals surface area contributed by atoms with Gasteiger partial charge in [-0.1, -0.05) is 52.4 Å². The van der Waals surface area contributed by atoms with E-state index in [0.717, 1.165) is 12.8 Å². The molecule has 0 heterocycles. The molecule has 0 amide bonds. The van der Waals surface area contributed by atoms with Gasteiger partial charge in [-0.25, -0.2) is 23.3 Å². The van der Waals surface area contributed by atoms with Crippen LogP contribution in [-0.2, 0) is 52.4 Å². The summed E-state index contributed by atoms with van der Waals surface area (Å²) in [5.41, 5.74) is 2.83. The molecule has 0 bridgehead atoms. The van der Waals surface area contributed by atoms with E-state index in [9.17, 15) is 0 Å². The fourth-order valence-electron chi connectivity index (χ4n) is 1.98. The van der Waals surface area contributed by atoms with E-state index in [2.05, 4.69) is 50.3 Å². The number of unbranched alkanes of at least 4 members (excludes halogenated alkanes) is 2. The summed E-state index contributed by atoms with van der Waals surface area (Å²) < 4.78 is 0. The van der Waals surface area contributed by atoms with Crippen LogP contribution in [0.4, 0.5) is 0 Å². The van der Waals surface area contributed by atoms with Gasteiger partial charge in [-0.05, 0) is 0 Å². The average molecular weight is 777 g/mol. The van der Waals surface area contributed by atoms with Crippen molar-refractivity contribution in [2.24, 2.45) is 0 Å². The van der Waals surface area contributed by atoms with Gasteiger partial charge >= 0.3 is 0 Å². The molecule has 2 rings (SSSR count). The van der Waals surface area contributed by atoms with Crippen LogP contribution in [0.2, 0.25) is 0 Å². The van der Waals surface area contributed by atoms with Crippen molar-refractivity contribution in [2.45, 2.75) is 65.2 Å². The first-order valence-corrected chi connectivity index (χ1v) is 7.39. The van der Waals surface area contributed by atoms with E-state index in [-0.39, 0.29) is 141 Å². The maximum absolute atomic E-state index is 3.30. The smallest absolute Gasteiger partial charge is 0 e. The SMILES string of the molecule is Br.Br.Br.CCCCC1=[C-]CC=C1.CCCCC1=[C-]CC=C1.Cl.Cl.Cl.[Zr].[Zr]. The van der Waals surface area contributed by atoms with Crippen molar-refractivity contribution >= 4 is 88.2 Å². The van der Waals surface area contributed by atoms with E-state index in [1.807, 2.05) is 0 Å². The van der Waals surface area contributed by atoms with Crippen molar-refractivity contribution in [1.29, 1.82) is 0 Å². The van der Waals surface area contributed by atoms with Crippen molar-refractivity contribution in [3.05, 3.63) is 47.6 Å². The summed E-state index contributed by atoms with van der Waals surface area (Å²) in [6.45, 7) is 4.44. The Morgan fingerprint density at radius 1 is 0.692 bits per heavy atom. The molecule has 8 heteroatoms. The molecule has 0 aromatic heterocycles. The third kappa shape index (κ3) is 29.2. The minimum absolute atomic E-state index is 0. The van der Waals surface area contributed by atoms with Crippen LogP contribution in [-0.4, -0.2) is 0 Å². The molecule has 0 aliphatic heterocycles. The molecule has 0 nitrogen and oxygen atoms in total. The fraction of sp³-hybridized carbons (Fsp3) is 0.556. The second-order valence-electron chi connectivity index (χ2n) is 4.82. The Labute approximate surface area is 250 Å². The Morgan fingerprint density at radius 2 is 1.00 bits per heavy atom. The van der Waals surface area contributed by atoms with Gasteiger partial charge in [0, 0.05) is 52.4 Å². The molecule has 2 aliphatic rings. The van der Waals surface area contributed by atoms with Gasteiger partial charge < -0.3 is 0 Å². The number of hydrogen-bond acceptors (Lipinski definition) is 0. The van der Waals surface area contributed by atoms with E-state index < -0.39 is 0 Å². The first-order valence-electron chi connectivity index (χ1n) is 7.39. The zero-order valence-corrected chi connectivity index (χ0v) is 27.9. The summed E-state index contributed by atoms with van der Waals surface area (Å²) in [7, 11) is 0. The Balaban J connectivity index is -0.0000000318. The molecule has 156 valence electrons. The number of rotatable bonds is 6. The monoisotopic (exact) mass is 770 g/mol. The van der Waals surface area contributed by atoms with Gasteiger partial charge in [-0.15, -0.1) is 101 Å². The summed E-state index contributed by atoms with van der Waals surface area (Å²) in [4.78, 5) is 0. The Kier molecular flexibility index (Phi) is 76.6. The first kappa shape index (κ1) is 51.6. The van der Waals surface area contributed by atoms with Crippen LogP contribution >= 0.6 is 88.2 Å². The molecular weight excluding hydrogens is 745 g/mol. The van der Waals surface area contributed by atoms with Crippen molar-refractivity contribution < 1.29 is 52.4 Å². The maximum atomic E-state index is 3.30. The third-order valence-corrected chi connectivity index (χ3v) is 3.13. The van der Waals surface area contributed by atoms with Crippen LogP contribution in [0, 0.1) is 12.2 Å². The molecule has 0 fully saturated rings. The van der Waals surface area contributed by atoms with Crippen LogP contribution < -0.4 is 0 Å². The Hall–Kier alpha value is 3.04. The topological polar surface area (TPSA) is 0 Å². The van der Waals surface area contributed by atoms with Gasteiger partial charge in [0.2, 0.25) is 0 Å². The normalized spacial score (nSPS) is 11.3. The van der Waals surface area contributed by atoms with Gasteiger partial charge in [-0.3, -0.25) is 12.2 Å². The van der Waals surface area contributed by atoms with Crippen molar-refractivity contribution in [3.63, 3.8) is 0 Å². The van der Waals surface area contributed by atoms with Crippen molar-refractivity contribution in [1.82, 2.24) is 0 Å². The minimum atomic E-state index is 0. The zero-order valence-electron chi connectivity index (χ0n) is 15.4. The molecule has 0 unspecified atom stereocenters. The Bertz CT molecular complexity index is 328. The molecule has 26 heavy (non-hydrogen) atoms. The second-order valence-corrected chi connectivity index (χ2v) is 4.82. The van der Waals surface area contributed by atoms with Crippen LogP contribution in [0.3, 0.4) is 0 Å². The fourth-order valence-corrected chi connectivity index (χ4v) is 1.98. The van der Waals surface area contributed by atoms with E-state index in [4.69, 9.17) is 0 Å². The standard InChI is InChI=1S/2C9H13.3BrH.3ClH.2Zr/c2*1-2-3-6-9-7-4-5-8-9;;;;;;;;/h2*4,7H,2-3,5-6H2,1H3;6*1H;;/q2*-1;;;;;;;;. The molecule has 0 saturated carbocycles. The molecule has 0 N–H and O–H groups in total. The molecule has 0 saturated heterocycles. The molecule has 0 atom stereocenters. The van der Waals surface area contributed by atoms with E-state index in [1.54, 1.807) is 0 Å². The average Bonchev–Trinajstić information content (AvgIpc) is 3.07. The quantitative estimate of drug-likeness (QED) is 0.237. The van der Waals surface area contributed by atoms with E-state index in [0.29, 0.717) is 0 Å². The summed E-state index contributed by atoms with van der Waals surface area (Å²) in [5, 5.41) is 0. The largest absolute Gasteiger partial charge is 0.269 e. The third-order valence-electron chi connectivity index (χ3n) is 3.13. The summed E-state index contributed by atoms with van der Waals surface area (Å²) >= 11 is 0. The summed E-state index contributed by atoms with van der Waals surface area (Å²) in [6.07, 6.45) is 25.1. The molecule has 0 aromatic rings. The number of allylic oxidation sites excluding steroid dienone is 8. The number of hydrogen-bond donors (Lipinski definition) is 0. The molecule has 0 aromatic carbocycles. The predicted molar refractivity (Wildman–Crippen MR) is 133 cm³/mol. The van der Waals surface area contributed by atoms with Crippen LogP contribution in [0.25, 0.3) is 0 Å². The Morgan fingerprint density at radius 3 is 1.19 bits per heavy atom. The van der Waals surface area contributed by atoms with Gasteiger partial charge in [0.25, 0.3) is 0 Å². The van der Waals surface area contributed by atoms with Crippen molar-refractivity contribution in [2.75, 3.05) is 0 Å². The van der Waals surface area contributed by atoms with Gasteiger partial charge in [0.05, 0.1) is 0 Å². The first-order chi connectivity index (χ1) is 8.86. The summed E-state index contributed by atoms with van der Waals surface area (Å²) in [6, 6.07) is 0. The number of halogens is 6. The minimum Gasteiger partial charge on any atom is -0.269 e. The maximum Gasteiger partial charge on any atom is 0 e. The van der Waals surface area contributed by atoms with Crippen LogP contribution in [0.1, 0.15) is 65.2 Å². The van der Waals surface area contributed by atoms with Gasteiger partial charge in [0.15, 0.2) is 0 Å². The van der Waals surface area contributed by atoms with E-state index in [1.165, 1.54) is 49.7 Å². The van der Waals surface area contributed by atoms with Gasteiger partial charge in [-0.2, -0.15) is 12.2 Å². The van der Waals surface area contributed by atoms with Crippen molar-refractivity contribution in [3.8, 4) is 0 Å². The van der Waals surface area contributed by atoms with E-state index >= 15 is 0 Å². The summed E-state index contributed by atoms with van der Waals surface area (Å²) in [5.74, 6) is 0. The van der Waals surface area contributed by atoms with Gasteiger partial charge in [0.1, 0.15) is 0 Å². The molecule has 0 radical (unpaired) electrons. The molecule has 2 aliphatic carbocycles. The van der Waals surface area contributed by atoms with Crippen LogP contribution in [0.5, 0.6) is 0 Å². The second kappa shape index (κ2) is 38.6. The predicted octanol–water partition coefficient (Wildman–Crippen LogP) is 8.73. The zero-order chi connectivity index (χ0) is 13.1. The molecule has 0 spiro atoms. The van der Waals surface area contributed by atoms with Crippen LogP contribution in [0.15, 0.2) is 35.5 Å². The molecular formula is C18H32Br3Cl3Zr2-2.